The van der Waals surface area contributed by atoms with Crippen LogP contribution in [0.4, 0.5) is 18.0 Å². The number of carbonyl (C=O) groups is 1. The molecule has 0 aliphatic carbocycles. The van der Waals surface area contributed by atoms with Crippen LogP contribution >= 0.6 is 12.4 Å². The van der Waals surface area contributed by atoms with E-state index in [0.29, 0.717) is 5.56 Å². The van der Waals surface area contributed by atoms with Crippen molar-refractivity contribution in [1.82, 2.24) is 5.32 Å². The number of carbonyl (C=O) groups excluding carboxylic acids is 1. The largest absolute Gasteiger partial charge is 0.497 e. The molecule has 1 aromatic carbocycles. The van der Waals surface area contributed by atoms with Gasteiger partial charge in [0.05, 0.1) is 18.7 Å². The molecule has 0 spiro atoms. The number of rotatable bonds is 2. The second-order valence-electron chi connectivity index (χ2n) is 5.63. The molecule has 1 amide bonds. The highest BCUT2D eigenvalue weighted by Gasteiger charge is 2.39. The van der Waals surface area contributed by atoms with Crippen molar-refractivity contribution >= 4 is 18.5 Å². The van der Waals surface area contributed by atoms with Gasteiger partial charge in [-0.2, -0.15) is 13.2 Å². The van der Waals surface area contributed by atoms with Crippen LogP contribution in [-0.4, -0.2) is 19.8 Å². The van der Waals surface area contributed by atoms with Crippen molar-refractivity contribution in [2.45, 2.75) is 26.1 Å². The summed E-state index contributed by atoms with van der Waals surface area (Å²) < 4.78 is 48.7. The summed E-state index contributed by atoms with van der Waals surface area (Å²) in [6, 6.07) is 2.86. The zero-order chi connectivity index (χ0) is 15.8. The quantitative estimate of drug-likeness (QED) is 0.887. The molecule has 1 fully saturated rings. The van der Waals surface area contributed by atoms with Crippen molar-refractivity contribution in [3.63, 3.8) is 0 Å². The van der Waals surface area contributed by atoms with Crippen LogP contribution in [0, 0.1) is 5.41 Å². The van der Waals surface area contributed by atoms with E-state index in [4.69, 9.17) is 9.47 Å². The summed E-state index contributed by atoms with van der Waals surface area (Å²) in [5.74, 6) is 0.0939. The van der Waals surface area contributed by atoms with Crippen molar-refractivity contribution < 1.29 is 27.4 Å². The summed E-state index contributed by atoms with van der Waals surface area (Å²) >= 11 is 0. The summed E-state index contributed by atoms with van der Waals surface area (Å²) in [4.78, 5) is 11.4. The lowest BCUT2D eigenvalue weighted by molar-refractivity contribution is -0.137. The fourth-order valence-electron chi connectivity index (χ4n) is 2.29. The van der Waals surface area contributed by atoms with Crippen LogP contribution in [-0.2, 0) is 10.9 Å². The van der Waals surface area contributed by atoms with Gasteiger partial charge in [0.25, 0.3) is 0 Å². The first-order valence-corrected chi connectivity index (χ1v) is 6.33. The first-order valence-electron chi connectivity index (χ1n) is 6.33. The van der Waals surface area contributed by atoms with Gasteiger partial charge in [-0.05, 0) is 23.8 Å². The number of alkyl carbamates (subject to hydrolysis) is 1. The van der Waals surface area contributed by atoms with Gasteiger partial charge < -0.3 is 14.8 Å². The molecule has 1 heterocycles. The lowest BCUT2D eigenvalue weighted by Crippen LogP contribution is -2.47. The number of halogens is 4. The number of ether oxygens (including phenoxy) is 2. The van der Waals surface area contributed by atoms with Crippen molar-refractivity contribution in [3.8, 4) is 5.75 Å². The number of alkyl halides is 3. The number of amides is 1. The molecule has 0 saturated carbocycles. The maximum absolute atomic E-state index is 13.0. The molecule has 0 unspecified atom stereocenters. The minimum absolute atomic E-state index is 0. The molecule has 1 atom stereocenters. The van der Waals surface area contributed by atoms with Gasteiger partial charge in [0.1, 0.15) is 12.4 Å². The zero-order valence-electron chi connectivity index (χ0n) is 12.3. The number of cyclic esters (lactones) is 1. The van der Waals surface area contributed by atoms with E-state index in [-0.39, 0.29) is 24.8 Å². The van der Waals surface area contributed by atoms with Crippen molar-refractivity contribution in [1.29, 1.82) is 0 Å². The van der Waals surface area contributed by atoms with Crippen LogP contribution in [0.3, 0.4) is 0 Å². The van der Waals surface area contributed by atoms with Crippen LogP contribution in [0.1, 0.15) is 31.0 Å². The Balaban J connectivity index is 0.00000242. The van der Waals surface area contributed by atoms with Gasteiger partial charge in [-0.3, -0.25) is 0 Å². The molecule has 0 aromatic heterocycles. The van der Waals surface area contributed by atoms with Crippen molar-refractivity contribution in [3.05, 3.63) is 29.3 Å². The second kappa shape index (κ2) is 6.24. The molecule has 8 heteroatoms. The van der Waals surface area contributed by atoms with E-state index in [1.807, 2.05) is 13.8 Å². The number of methoxy groups -OCH3 is 1. The third-order valence-corrected chi connectivity index (χ3v) is 3.44. The third kappa shape index (κ3) is 3.76. The third-order valence-electron chi connectivity index (χ3n) is 3.44. The fourth-order valence-corrected chi connectivity index (χ4v) is 2.29. The lowest BCUT2D eigenvalue weighted by atomic mass is 9.80. The first-order chi connectivity index (χ1) is 9.63. The summed E-state index contributed by atoms with van der Waals surface area (Å²) in [5.41, 5.74) is -1.01. The molecule has 1 aliphatic rings. The number of benzene rings is 1. The van der Waals surface area contributed by atoms with Crippen LogP contribution in [0.5, 0.6) is 5.75 Å². The molecule has 1 aromatic rings. The Bertz CT molecular complexity index is 561. The Morgan fingerprint density at radius 2 is 1.95 bits per heavy atom. The van der Waals surface area contributed by atoms with E-state index >= 15 is 0 Å². The van der Waals surface area contributed by atoms with Gasteiger partial charge in [0, 0.05) is 5.41 Å². The van der Waals surface area contributed by atoms with E-state index in [1.54, 1.807) is 0 Å². The molecule has 0 bridgehead atoms. The van der Waals surface area contributed by atoms with E-state index in [9.17, 15) is 18.0 Å². The highest BCUT2D eigenvalue weighted by Crippen LogP contribution is 2.40. The predicted molar refractivity (Wildman–Crippen MR) is 76.2 cm³/mol. The number of hydrogen-bond donors (Lipinski definition) is 1. The van der Waals surface area contributed by atoms with Gasteiger partial charge in [-0.25, -0.2) is 4.79 Å². The van der Waals surface area contributed by atoms with Gasteiger partial charge in [-0.1, -0.05) is 13.8 Å². The zero-order valence-corrected chi connectivity index (χ0v) is 13.1. The maximum atomic E-state index is 13.0. The molecular weight excluding hydrogens is 323 g/mol. The molecule has 1 aliphatic heterocycles. The van der Waals surface area contributed by atoms with E-state index in [1.165, 1.54) is 13.2 Å². The fraction of sp³-hybridized carbons (Fsp3) is 0.500. The normalized spacial score (nSPS) is 20.5. The summed E-state index contributed by atoms with van der Waals surface area (Å²) in [7, 11) is 1.30. The summed E-state index contributed by atoms with van der Waals surface area (Å²) in [6.07, 6.45) is -5.13. The van der Waals surface area contributed by atoms with Crippen LogP contribution in [0.2, 0.25) is 0 Å². The smallest absolute Gasteiger partial charge is 0.416 e. The van der Waals surface area contributed by atoms with Crippen molar-refractivity contribution in [2.24, 2.45) is 5.41 Å². The monoisotopic (exact) mass is 339 g/mol. The molecule has 2 rings (SSSR count). The molecule has 0 radical (unpaired) electrons. The van der Waals surface area contributed by atoms with E-state index in [0.717, 1.165) is 12.1 Å². The highest BCUT2D eigenvalue weighted by molar-refractivity contribution is 5.85. The van der Waals surface area contributed by atoms with Gasteiger partial charge in [0.15, 0.2) is 0 Å². The SMILES string of the molecule is COc1cc([C@@H]2NC(=O)OCC2(C)C)cc(C(F)(F)F)c1.Cl. The van der Waals surface area contributed by atoms with E-state index in [2.05, 4.69) is 5.32 Å². The Morgan fingerprint density at radius 1 is 1.32 bits per heavy atom. The molecular formula is C14H17ClF3NO3. The average molecular weight is 340 g/mol. The summed E-state index contributed by atoms with van der Waals surface area (Å²) in [5, 5.41) is 2.57. The Labute approximate surface area is 132 Å². The number of hydrogen-bond acceptors (Lipinski definition) is 3. The van der Waals surface area contributed by atoms with Crippen LogP contribution in [0.15, 0.2) is 18.2 Å². The molecule has 124 valence electrons. The van der Waals surface area contributed by atoms with Gasteiger partial charge in [0.2, 0.25) is 0 Å². The topological polar surface area (TPSA) is 47.6 Å². The van der Waals surface area contributed by atoms with Gasteiger partial charge in [-0.15, -0.1) is 12.4 Å². The summed E-state index contributed by atoms with van der Waals surface area (Å²) in [6.45, 7) is 3.75. The lowest BCUT2D eigenvalue weighted by Gasteiger charge is -2.38. The standard InChI is InChI=1S/C14H16F3NO3.ClH/c1-13(2)7-21-12(19)18-11(13)8-4-9(14(15,16)17)6-10(5-8)20-3;/h4-6,11H,7H2,1-3H3,(H,18,19);1H/t11-;/m0./s1. The van der Waals surface area contributed by atoms with Crippen LogP contribution in [0.25, 0.3) is 0 Å². The molecule has 22 heavy (non-hydrogen) atoms. The van der Waals surface area contributed by atoms with Crippen molar-refractivity contribution in [2.75, 3.05) is 13.7 Å². The van der Waals surface area contributed by atoms with E-state index < -0.39 is 29.3 Å². The molecule has 4 nitrogen and oxygen atoms in total. The first kappa shape index (κ1) is 18.4. The second-order valence-corrected chi connectivity index (χ2v) is 5.63. The minimum atomic E-state index is -4.48. The highest BCUT2D eigenvalue weighted by atomic mass is 35.5. The molecule has 1 N–H and O–H groups in total. The molecule has 1 saturated heterocycles. The Morgan fingerprint density at radius 3 is 2.50 bits per heavy atom. The van der Waals surface area contributed by atoms with Crippen LogP contribution < -0.4 is 10.1 Å². The predicted octanol–water partition coefficient (Wildman–Crippen LogP) is 3.94. The average Bonchev–Trinajstić information content (AvgIpc) is 2.40. The maximum Gasteiger partial charge on any atom is 0.416 e. The Hall–Kier alpha value is -1.63. The minimum Gasteiger partial charge on any atom is -0.497 e. The van der Waals surface area contributed by atoms with Gasteiger partial charge >= 0.3 is 12.3 Å². The Kier molecular flexibility index (Phi) is 5.22. The number of nitrogens with one attached hydrogen (secondary N) is 1.